The van der Waals surface area contributed by atoms with E-state index >= 15 is 0 Å². The van der Waals surface area contributed by atoms with E-state index in [0.29, 0.717) is 10.8 Å². The Hall–Kier alpha value is -4.04. The molecule has 0 unspecified atom stereocenters. The lowest BCUT2D eigenvalue weighted by molar-refractivity contribution is -0.138. The SMILES string of the molecule is COc1ccc2cc(COC(=O)C=Cc3csc(N(C(C)=O)c4ccccc4F)n3)ccc2c1. The van der Waals surface area contributed by atoms with Crippen LogP contribution in [0, 0.1) is 5.82 Å². The van der Waals surface area contributed by atoms with Gasteiger partial charge in [-0.25, -0.2) is 14.2 Å². The highest BCUT2D eigenvalue weighted by Gasteiger charge is 2.20. The van der Waals surface area contributed by atoms with Crippen LogP contribution in [0.2, 0.25) is 0 Å². The summed E-state index contributed by atoms with van der Waals surface area (Å²) >= 11 is 1.17. The topological polar surface area (TPSA) is 68.7 Å². The summed E-state index contributed by atoms with van der Waals surface area (Å²) in [7, 11) is 1.62. The first kappa shape index (κ1) is 23.1. The van der Waals surface area contributed by atoms with Crippen molar-refractivity contribution in [1.29, 1.82) is 0 Å². The quantitative estimate of drug-likeness (QED) is 0.246. The highest BCUT2D eigenvalue weighted by atomic mass is 32.1. The summed E-state index contributed by atoms with van der Waals surface area (Å²) in [5.74, 6) is -0.645. The Morgan fingerprint density at radius 1 is 1.09 bits per heavy atom. The average molecular weight is 477 g/mol. The number of halogens is 1. The van der Waals surface area contributed by atoms with Crippen molar-refractivity contribution >= 4 is 50.9 Å². The van der Waals surface area contributed by atoms with Crippen LogP contribution in [-0.2, 0) is 20.9 Å². The smallest absolute Gasteiger partial charge is 0.331 e. The van der Waals surface area contributed by atoms with Crippen molar-refractivity contribution in [2.45, 2.75) is 13.5 Å². The molecular formula is C26H21FN2O4S. The van der Waals surface area contributed by atoms with Gasteiger partial charge in [-0.2, -0.15) is 0 Å². The normalized spacial score (nSPS) is 11.0. The van der Waals surface area contributed by atoms with Gasteiger partial charge in [0.2, 0.25) is 5.91 Å². The first-order valence-corrected chi connectivity index (χ1v) is 11.2. The summed E-state index contributed by atoms with van der Waals surface area (Å²) in [4.78, 5) is 29.9. The monoisotopic (exact) mass is 476 g/mol. The molecule has 0 saturated heterocycles. The number of carbonyl (C=O) groups excluding carboxylic acids is 2. The van der Waals surface area contributed by atoms with E-state index in [2.05, 4.69) is 4.98 Å². The molecule has 8 heteroatoms. The zero-order valence-corrected chi connectivity index (χ0v) is 19.3. The van der Waals surface area contributed by atoms with Crippen molar-refractivity contribution in [1.82, 2.24) is 4.98 Å². The standard InChI is InChI=1S/C26H21FN2O4S/c1-17(30)29(24-6-4-3-5-23(24)27)26-28-21(16-34-26)10-12-25(31)33-15-18-7-8-20-14-22(32-2)11-9-19(20)13-18/h3-14,16H,15H2,1-2H3. The number of esters is 1. The molecule has 34 heavy (non-hydrogen) atoms. The lowest BCUT2D eigenvalue weighted by Gasteiger charge is -2.18. The Balaban J connectivity index is 1.40. The van der Waals surface area contributed by atoms with Crippen molar-refractivity contribution in [2.24, 2.45) is 0 Å². The molecule has 0 bridgehead atoms. The summed E-state index contributed by atoms with van der Waals surface area (Å²) < 4.78 is 24.8. The van der Waals surface area contributed by atoms with Crippen LogP contribution in [0.15, 0.2) is 72.1 Å². The van der Waals surface area contributed by atoms with E-state index in [-0.39, 0.29) is 18.2 Å². The van der Waals surface area contributed by atoms with Crippen molar-refractivity contribution in [2.75, 3.05) is 12.0 Å². The van der Waals surface area contributed by atoms with E-state index in [4.69, 9.17) is 9.47 Å². The molecule has 0 radical (unpaired) electrons. The van der Waals surface area contributed by atoms with Gasteiger partial charge < -0.3 is 9.47 Å². The Bertz CT molecular complexity index is 1380. The number of hydrogen-bond acceptors (Lipinski definition) is 6. The number of carbonyl (C=O) groups is 2. The number of anilines is 2. The van der Waals surface area contributed by atoms with E-state index < -0.39 is 11.8 Å². The third-order valence-corrected chi connectivity index (χ3v) is 5.84. The van der Waals surface area contributed by atoms with Crippen LogP contribution in [0.1, 0.15) is 18.2 Å². The van der Waals surface area contributed by atoms with E-state index in [0.717, 1.165) is 22.1 Å². The molecule has 0 atom stereocenters. The van der Waals surface area contributed by atoms with Gasteiger partial charge in [0.25, 0.3) is 0 Å². The number of amides is 1. The van der Waals surface area contributed by atoms with Gasteiger partial charge >= 0.3 is 5.97 Å². The Morgan fingerprint density at radius 3 is 2.62 bits per heavy atom. The fourth-order valence-electron chi connectivity index (χ4n) is 3.34. The van der Waals surface area contributed by atoms with E-state index in [9.17, 15) is 14.0 Å². The first-order chi connectivity index (χ1) is 16.4. The van der Waals surface area contributed by atoms with Crippen LogP contribution in [-0.4, -0.2) is 24.0 Å². The molecule has 0 spiro atoms. The van der Waals surface area contributed by atoms with Crippen LogP contribution in [0.4, 0.5) is 15.2 Å². The fraction of sp³-hybridized carbons (Fsp3) is 0.115. The fourth-order valence-corrected chi connectivity index (χ4v) is 4.19. The molecule has 0 N–H and O–H groups in total. The van der Waals surface area contributed by atoms with Gasteiger partial charge in [0.05, 0.1) is 18.5 Å². The summed E-state index contributed by atoms with van der Waals surface area (Å²) in [6.07, 6.45) is 2.76. The largest absolute Gasteiger partial charge is 0.497 e. The van der Waals surface area contributed by atoms with E-state index in [1.807, 2.05) is 36.4 Å². The number of ether oxygens (including phenoxy) is 2. The number of hydrogen-bond donors (Lipinski definition) is 0. The molecule has 172 valence electrons. The molecule has 4 rings (SSSR count). The van der Waals surface area contributed by atoms with Gasteiger partial charge in [-0.15, -0.1) is 11.3 Å². The third kappa shape index (κ3) is 5.29. The Kier molecular flexibility index (Phi) is 6.98. The maximum absolute atomic E-state index is 14.2. The molecule has 1 aromatic heterocycles. The predicted molar refractivity (Wildman–Crippen MR) is 131 cm³/mol. The number of methoxy groups -OCH3 is 1. The molecule has 0 fully saturated rings. The summed E-state index contributed by atoms with van der Waals surface area (Å²) in [6.45, 7) is 1.46. The second kappa shape index (κ2) is 10.3. The molecule has 0 aliphatic rings. The Morgan fingerprint density at radius 2 is 1.85 bits per heavy atom. The summed E-state index contributed by atoms with van der Waals surface area (Å²) in [6, 6.07) is 17.5. The molecule has 4 aromatic rings. The molecule has 1 heterocycles. The molecule has 1 amide bonds. The van der Waals surface area contributed by atoms with Gasteiger partial charge in [-0.3, -0.25) is 9.69 Å². The third-order valence-electron chi connectivity index (χ3n) is 4.99. The lowest BCUT2D eigenvalue weighted by atomic mass is 10.1. The van der Waals surface area contributed by atoms with Crippen molar-refractivity contribution < 1.29 is 23.5 Å². The van der Waals surface area contributed by atoms with Gasteiger partial charge in [0, 0.05) is 18.4 Å². The van der Waals surface area contributed by atoms with Gasteiger partial charge in [0.1, 0.15) is 18.2 Å². The van der Waals surface area contributed by atoms with Gasteiger partial charge in [-0.05, 0) is 52.7 Å². The zero-order valence-electron chi connectivity index (χ0n) is 18.5. The minimum absolute atomic E-state index is 0.119. The van der Waals surface area contributed by atoms with Gasteiger partial charge in [0.15, 0.2) is 5.13 Å². The van der Waals surface area contributed by atoms with Crippen LogP contribution in [0.5, 0.6) is 5.75 Å². The number of benzene rings is 3. The van der Waals surface area contributed by atoms with Crippen molar-refractivity contribution in [3.05, 3.63) is 89.2 Å². The second-order valence-electron chi connectivity index (χ2n) is 7.35. The van der Waals surface area contributed by atoms with Crippen molar-refractivity contribution in [3.63, 3.8) is 0 Å². The predicted octanol–water partition coefficient (Wildman–Crippen LogP) is 5.89. The molecule has 0 aliphatic carbocycles. The zero-order chi connectivity index (χ0) is 24.1. The molecule has 0 saturated carbocycles. The number of thiazole rings is 1. The summed E-state index contributed by atoms with van der Waals surface area (Å²) in [5.41, 5.74) is 1.43. The highest BCUT2D eigenvalue weighted by Crippen LogP contribution is 2.31. The number of aromatic nitrogens is 1. The van der Waals surface area contributed by atoms with E-state index in [1.54, 1.807) is 24.6 Å². The number of para-hydroxylation sites is 1. The van der Waals surface area contributed by atoms with Crippen LogP contribution in [0.25, 0.3) is 16.8 Å². The van der Waals surface area contributed by atoms with Gasteiger partial charge in [-0.1, -0.05) is 30.3 Å². The minimum atomic E-state index is -0.526. The molecule has 0 aliphatic heterocycles. The average Bonchev–Trinajstić information content (AvgIpc) is 3.30. The van der Waals surface area contributed by atoms with Crippen LogP contribution in [0.3, 0.4) is 0 Å². The second-order valence-corrected chi connectivity index (χ2v) is 8.19. The first-order valence-electron chi connectivity index (χ1n) is 10.4. The summed E-state index contributed by atoms with van der Waals surface area (Å²) in [5, 5.41) is 4.03. The minimum Gasteiger partial charge on any atom is -0.497 e. The molecule has 6 nitrogen and oxygen atoms in total. The maximum Gasteiger partial charge on any atom is 0.331 e. The van der Waals surface area contributed by atoms with E-state index in [1.165, 1.54) is 47.4 Å². The number of rotatable bonds is 7. The lowest BCUT2D eigenvalue weighted by Crippen LogP contribution is -2.23. The maximum atomic E-state index is 14.2. The van der Waals surface area contributed by atoms with Crippen molar-refractivity contribution in [3.8, 4) is 5.75 Å². The molecular weight excluding hydrogens is 455 g/mol. The number of fused-ring (bicyclic) bond motifs is 1. The van der Waals surface area contributed by atoms with Crippen LogP contribution < -0.4 is 9.64 Å². The highest BCUT2D eigenvalue weighted by molar-refractivity contribution is 7.14. The number of nitrogens with zero attached hydrogens (tertiary/aromatic N) is 2. The van der Waals surface area contributed by atoms with Crippen LogP contribution >= 0.6 is 11.3 Å². The molecule has 3 aromatic carbocycles. The Labute approximate surface area is 199 Å².